The predicted octanol–water partition coefficient (Wildman–Crippen LogP) is 2.61. The van der Waals surface area contributed by atoms with E-state index in [0.717, 1.165) is 32.1 Å². The van der Waals surface area contributed by atoms with E-state index in [9.17, 15) is 0 Å². The van der Waals surface area contributed by atoms with Gasteiger partial charge in [-0.2, -0.15) is 0 Å². The van der Waals surface area contributed by atoms with Gasteiger partial charge < -0.3 is 20.1 Å². The van der Waals surface area contributed by atoms with E-state index in [0.29, 0.717) is 18.8 Å². The molecule has 1 aliphatic heterocycles. The van der Waals surface area contributed by atoms with E-state index in [1.807, 2.05) is 0 Å². The molecular formula is C20H35IN4O2. The first kappa shape index (κ1) is 24.1. The first-order chi connectivity index (χ1) is 12.5. The molecule has 27 heavy (non-hydrogen) atoms. The van der Waals surface area contributed by atoms with Gasteiger partial charge >= 0.3 is 0 Å². The van der Waals surface area contributed by atoms with Crippen LogP contribution in [-0.4, -0.2) is 63.0 Å². The minimum atomic E-state index is 0. The number of halogens is 1. The number of aliphatic imine (C=N–C) groups is 1. The topological polar surface area (TPSA) is 58.1 Å². The second-order valence-corrected chi connectivity index (χ2v) is 7.19. The lowest BCUT2D eigenvalue weighted by atomic mass is 10.1. The molecule has 7 heteroatoms. The number of morpholine rings is 1. The number of hydrogen-bond acceptors (Lipinski definition) is 4. The van der Waals surface area contributed by atoms with Gasteiger partial charge in [0.15, 0.2) is 5.96 Å². The second kappa shape index (κ2) is 12.5. The minimum Gasteiger partial charge on any atom is -0.383 e. The average Bonchev–Trinajstić information content (AvgIpc) is 2.59. The van der Waals surface area contributed by atoms with Crippen LogP contribution in [0.1, 0.15) is 31.9 Å². The zero-order valence-corrected chi connectivity index (χ0v) is 19.5. The molecule has 0 bridgehead atoms. The molecule has 154 valence electrons. The van der Waals surface area contributed by atoms with Gasteiger partial charge in [0, 0.05) is 46.4 Å². The van der Waals surface area contributed by atoms with Gasteiger partial charge in [-0.1, -0.05) is 24.3 Å². The fraction of sp³-hybridized carbons (Fsp3) is 0.650. The lowest BCUT2D eigenvalue weighted by Crippen LogP contribution is -2.44. The summed E-state index contributed by atoms with van der Waals surface area (Å²) in [4.78, 5) is 6.72. The molecule has 1 aliphatic rings. The van der Waals surface area contributed by atoms with E-state index in [1.54, 1.807) is 14.2 Å². The van der Waals surface area contributed by atoms with Crippen molar-refractivity contribution in [3.8, 4) is 0 Å². The molecule has 1 saturated heterocycles. The Morgan fingerprint density at radius 3 is 2.37 bits per heavy atom. The molecule has 1 aromatic rings. The van der Waals surface area contributed by atoms with Crippen LogP contribution in [0.5, 0.6) is 0 Å². The van der Waals surface area contributed by atoms with Crippen LogP contribution in [0.15, 0.2) is 29.3 Å². The summed E-state index contributed by atoms with van der Waals surface area (Å²) in [7, 11) is 3.48. The lowest BCUT2D eigenvalue weighted by molar-refractivity contribution is -0.0704. The Hall–Kier alpha value is -0.900. The molecule has 1 fully saturated rings. The maximum Gasteiger partial charge on any atom is 0.191 e. The molecule has 1 aromatic carbocycles. The van der Waals surface area contributed by atoms with Gasteiger partial charge in [-0.15, -0.1) is 24.0 Å². The van der Waals surface area contributed by atoms with Gasteiger partial charge in [-0.25, -0.2) is 0 Å². The number of benzene rings is 1. The van der Waals surface area contributed by atoms with Gasteiger partial charge in [0.2, 0.25) is 0 Å². The van der Waals surface area contributed by atoms with Crippen molar-refractivity contribution in [3.05, 3.63) is 35.4 Å². The number of hydrogen-bond donors (Lipinski definition) is 2. The molecule has 0 spiro atoms. The monoisotopic (exact) mass is 490 g/mol. The number of guanidine groups is 1. The SMILES string of the molecule is CN=C(NCc1ccc(CN2CC(C)OC(C)C2)cc1)NC(C)COC.I. The Bertz CT molecular complexity index is 558. The Labute approximate surface area is 181 Å². The third-order valence-corrected chi connectivity index (χ3v) is 4.41. The van der Waals surface area contributed by atoms with Crippen molar-refractivity contribution in [2.75, 3.05) is 33.9 Å². The van der Waals surface area contributed by atoms with E-state index >= 15 is 0 Å². The smallest absolute Gasteiger partial charge is 0.191 e. The molecule has 0 radical (unpaired) electrons. The van der Waals surface area contributed by atoms with Crippen LogP contribution in [0.3, 0.4) is 0 Å². The fourth-order valence-corrected chi connectivity index (χ4v) is 3.34. The largest absolute Gasteiger partial charge is 0.383 e. The van der Waals surface area contributed by atoms with Crippen LogP contribution in [0, 0.1) is 0 Å². The normalized spacial score (nSPS) is 22.0. The van der Waals surface area contributed by atoms with E-state index in [2.05, 4.69) is 65.6 Å². The minimum absolute atomic E-state index is 0. The highest BCUT2D eigenvalue weighted by molar-refractivity contribution is 14.0. The average molecular weight is 490 g/mol. The van der Waals surface area contributed by atoms with Crippen molar-refractivity contribution in [1.29, 1.82) is 0 Å². The zero-order chi connectivity index (χ0) is 18.9. The first-order valence-electron chi connectivity index (χ1n) is 9.42. The Morgan fingerprint density at radius 2 is 1.81 bits per heavy atom. The Kier molecular flexibility index (Phi) is 11.2. The highest BCUT2D eigenvalue weighted by Gasteiger charge is 2.21. The molecule has 0 aromatic heterocycles. The summed E-state index contributed by atoms with van der Waals surface area (Å²) >= 11 is 0. The molecule has 2 rings (SSSR count). The third-order valence-electron chi connectivity index (χ3n) is 4.41. The summed E-state index contributed by atoms with van der Waals surface area (Å²) in [6.07, 6.45) is 0.615. The molecule has 1 heterocycles. The van der Waals surface area contributed by atoms with Crippen LogP contribution in [-0.2, 0) is 22.6 Å². The maximum atomic E-state index is 5.81. The van der Waals surface area contributed by atoms with Crippen LogP contribution in [0.4, 0.5) is 0 Å². The standard InChI is InChI=1S/C20H34N4O2.HI/c1-15(14-25-5)23-20(21-4)22-10-18-6-8-19(9-7-18)13-24-11-16(2)26-17(3)12-24;/h6-9,15-17H,10-14H2,1-5H3,(H2,21,22,23);1H. The third kappa shape index (κ3) is 8.76. The Balaban J connectivity index is 0.00000364. The number of ether oxygens (including phenoxy) is 2. The molecule has 3 atom stereocenters. The number of methoxy groups -OCH3 is 1. The van der Waals surface area contributed by atoms with Gasteiger partial charge in [0.25, 0.3) is 0 Å². The molecule has 3 unspecified atom stereocenters. The molecular weight excluding hydrogens is 455 g/mol. The predicted molar refractivity (Wildman–Crippen MR) is 122 cm³/mol. The number of rotatable bonds is 7. The molecule has 0 amide bonds. The summed E-state index contributed by atoms with van der Waals surface area (Å²) in [5.74, 6) is 0.787. The van der Waals surface area contributed by atoms with Crippen LogP contribution < -0.4 is 10.6 Å². The lowest BCUT2D eigenvalue weighted by Gasteiger charge is -2.35. The van der Waals surface area contributed by atoms with Crippen molar-refractivity contribution >= 4 is 29.9 Å². The summed E-state index contributed by atoms with van der Waals surface area (Å²) in [5, 5.41) is 6.65. The Morgan fingerprint density at radius 1 is 1.22 bits per heavy atom. The summed E-state index contributed by atoms with van der Waals surface area (Å²) < 4.78 is 10.9. The maximum absolute atomic E-state index is 5.81. The quantitative estimate of drug-likeness (QED) is 0.350. The molecule has 0 saturated carbocycles. The van der Waals surface area contributed by atoms with E-state index in [4.69, 9.17) is 9.47 Å². The van der Waals surface area contributed by atoms with Crippen molar-refractivity contribution in [2.24, 2.45) is 4.99 Å². The zero-order valence-electron chi connectivity index (χ0n) is 17.2. The van der Waals surface area contributed by atoms with Gasteiger partial charge in [0.1, 0.15) is 0 Å². The van der Waals surface area contributed by atoms with Crippen molar-refractivity contribution in [3.63, 3.8) is 0 Å². The first-order valence-corrected chi connectivity index (χ1v) is 9.42. The number of nitrogens with one attached hydrogen (secondary N) is 2. The summed E-state index contributed by atoms with van der Waals surface area (Å²) in [5.41, 5.74) is 2.58. The molecule has 6 nitrogen and oxygen atoms in total. The van der Waals surface area contributed by atoms with Gasteiger partial charge in [-0.05, 0) is 31.9 Å². The second-order valence-electron chi connectivity index (χ2n) is 7.19. The van der Waals surface area contributed by atoms with Crippen molar-refractivity contribution in [2.45, 2.75) is 52.1 Å². The highest BCUT2D eigenvalue weighted by atomic mass is 127. The van der Waals surface area contributed by atoms with Crippen LogP contribution in [0.25, 0.3) is 0 Å². The van der Waals surface area contributed by atoms with E-state index in [1.165, 1.54) is 11.1 Å². The van der Waals surface area contributed by atoms with E-state index in [-0.39, 0.29) is 30.0 Å². The van der Waals surface area contributed by atoms with Gasteiger partial charge in [-0.3, -0.25) is 9.89 Å². The summed E-state index contributed by atoms with van der Waals surface area (Å²) in [6, 6.07) is 9.01. The van der Waals surface area contributed by atoms with Gasteiger partial charge in [0.05, 0.1) is 18.8 Å². The van der Waals surface area contributed by atoms with E-state index < -0.39 is 0 Å². The van der Waals surface area contributed by atoms with Crippen LogP contribution >= 0.6 is 24.0 Å². The summed E-state index contributed by atoms with van der Waals surface area (Å²) in [6.45, 7) is 10.7. The molecule has 2 N–H and O–H groups in total. The highest BCUT2D eigenvalue weighted by Crippen LogP contribution is 2.14. The number of nitrogens with zero attached hydrogens (tertiary/aromatic N) is 2. The van der Waals surface area contributed by atoms with Crippen molar-refractivity contribution < 1.29 is 9.47 Å². The molecule has 0 aliphatic carbocycles. The fourth-order valence-electron chi connectivity index (χ4n) is 3.34. The van der Waals surface area contributed by atoms with Crippen LogP contribution in [0.2, 0.25) is 0 Å². The van der Waals surface area contributed by atoms with Crippen molar-refractivity contribution in [1.82, 2.24) is 15.5 Å².